The largest absolute Gasteiger partial charge is 0.364 e. The van der Waals surface area contributed by atoms with Crippen molar-refractivity contribution < 1.29 is 9.32 Å². The van der Waals surface area contributed by atoms with Gasteiger partial charge in [-0.1, -0.05) is 5.16 Å². The first-order valence-corrected chi connectivity index (χ1v) is 12.3. The Morgan fingerprint density at radius 3 is 2.53 bits per heavy atom. The Morgan fingerprint density at radius 2 is 1.87 bits per heavy atom. The number of amides is 1. The van der Waals surface area contributed by atoms with Gasteiger partial charge in [0.15, 0.2) is 5.69 Å². The van der Waals surface area contributed by atoms with Gasteiger partial charge in [0, 0.05) is 61.8 Å². The lowest BCUT2D eigenvalue weighted by Gasteiger charge is -2.35. The first kappa shape index (κ1) is 23.4. The van der Waals surface area contributed by atoms with E-state index in [1.165, 1.54) is 6.26 Å². The molecule has 0 N–H and O–H groups in total. The zero-order valence-electron chi connectivity index (χ0n) is 20.9. The molecule has 1 aliphatic heterocycles. The summed E-state index contributed by atoms with van der Waals surface area (Å²) in [5.74, 6) is 0.673. The molecular weight excluding hydrogens is 484 g/mol. The minimum Gasteiger partial charge on any atom is -0.364 e. The van der Waals surface area contributed by atoms with E-state index in [1.54, 1.807) is 34.1 Å². The molecule has 0 radical (unpaired) electrons. The number of pyridine rings is 1. The van der Waals surface area contributed by atoms with Crippen LogP contribution >= 0.6 is 0 Å². The fourth-order valence-corrected chi connectivity index (χ4v) is 4.53. The molecule has 0 unspecified atom stereocenters. The number of hydrogen-bond donors (Lipinski definition) is 0. The number of anilines is 1. The van der Waals surface area contributed by atoms with E-state index in [-0.39, 0.29) is 11.9 Å². The Labute approximate surface area is 217 Å². The minimum absolute atomic E-state index is 0.135. The number of carbonyl (C=O) groups is 1. The monoisotopic (exact) mass is 508 g/mol. The van der Waals surface area contributed by atoms with E-state index in [0.29, 0.717) is 54.3 Å². The summed E-state index contributed by atoms with van der Waals surface area (Å²) in [6, 6.07) is 7.90. The van der Waals surface area contributed by atoms with Gasteiger partial charge in [-0.15, -0.1) is 0 Å². The molecule has 6 rings (SSSR count). The van der Waals surface area contributed by atoms with Crippen LogP contribution in [0.4, 0.5) is 5.82 Å². The van der Waals surface area contributed by atoms with E-state index in [9.17, 15) is 10.1 Å². The number of carbonyl (C=O) groups excluding carboxylic acids is 1. The molecule has 12 nitrogen and oxygen atoms in total. The molecule has 0 atom stereocenters. The van der Waals surface area contributed by atoms with Crippen molar-refractivity contribution >= 4 is 17.2 Å². The quantitative estimate of drug-likeness (QED) is 0.351. The van der Waals surface area contributed by atoms with Gasteiger partial charge >= 0.3 is 0 Å². The van der Waals surface area contributed by atoms with Crippen LogP contribution in [0.2, 0.25) is 0 Å². The number of nitrogens with zero attached hydrogens (tertiary/aromatic N) is 10. The molecule has 0 aromatic carbocycles. The van der Waals surface area contributed by atoms with E-state index in [1.807, 2.05) is 29.2 Å². The Morgan fingerprint density at radius 1 is 1.03 bits per heavy atom. The lowest BCUT2D eigenvalue weighted by atomic mass is 10.1. The Bertz CT molecular complexity index is 1640. The second kappa shape index (κ2) is 9.44. The molecule has 1 fully saturated rings. The van der Waals surface area contributed by atoms with Crippen LogP contribution in [0.3, 0.4) is 0 Å². The van der Waals surface area contributed by atoms with Crippen molar-refractivity contribution in [3.8, 4) is 28.6 Å². The predicted molar refractivity (Wildman–Crippen MR) is 137 cm³/mol. The van der Waals surface area contributed by atoms with Gasteiger partial charge in [0.25, 0.3) is 5.91 Å². The fourth-order valence-electron chi connectivity index (χ4n) is 4.53. The van der Waals surface area contributed by atoms with E-state index in [4.69, 9.17) is 14.5 Å². The molecule has 1 saturated heterocycles. The zero-order chi connectivity index (χ0) is 26.2. The second-order valence-corrected chi connectivity index (χ2v) is 9.31. The summed E-state index contributed by atoms with van der Waals surface area (Å²) in [7, 11) is 0. The van der Waals surface area contributed by atoms with Crippen molar-refractivity contribution in [3.05, 3.63) is 66.7 Å². The summed E-state index contributed by atoms with van der Waals surface area (Å²) in [6.45, 7) is 6.54. The highest BCUT2D eigenvalue weighted by molar-refractivity contribution is 5.92. The lowest BCUT2D eigenvalue weighted by molar-refractivity contribution is 0.0736. The lowest BCUT2D eigenvalue weighted by Crippen LogP contribution is -2.49. The molecule has 0 saturated carbocycles. The number of hydrogen-bond acceptors (Lipinski definition) is 9. The van der Waals surface area contributed by atoms with Gasteiger partial charge in [0.05, 0.1) is 30.0 Å². The Kier molecular flexibility index (Phi) is 5.80. The first-order valence-electron chi connectivity index (χ1n) is 12.3. The maximum absolute atomic E-state index is 12.5. The van der Waals surface area contributed by atoms with Crippen LogP contribution in [0.15, 0.2) is 60.0 Å². The van der Waals surface area contributed by atoms with E-state index >= 15 is 0 Å². The summed E-state index contributed by atoms with van der Waals surface area (Å²) < 4.78 is 8.35. The molecule has 0 bridgehead atoms. The number of aromatic nitrogens is 7. The van der Waals surface area contributed by atoms with Crippen LogP contribution in [-0.4, -0.2) is 71.5 Å². The Balaban J connectivity index is 1.27. The first-order chi connectivity index (χ1) is 18.5. The van der Waals surface area contributed by atoms with Gasteiger partial charge in [0.1, 0.15) is 29.2 Å². The molecule has 5 aromatic heterocycles. The summed E-state index contributed by atoms with van der Waals surface area (Å²) in [6.07, 6.45) is 10.2. The predicted octanol–water partition coefficient (Wildman–Crippen LogP) is 3.06. The maximum Gasteiger partial charge on any atom is 0.276 e. The van der Waals surface area contributed by atoms with E-state index in [2.05, 4.69) is 40.2 Å². The number of piperazine rings is 1. The molecule has 1 amide bonds. The number of nitriles is 1. The third-order valence-corrected chi connectivity index (χ3v) is 6.61. The molecule has 190 valence electrons. The standard InChI is InChI=1S/C26H24N10O2/c1-17(2)35-15-20(14-29-35)22-16-36-25(19(11-27)13-30-36)24(31-22)18-3-4-23(28-12-18)33-6-8-34(9-7-33)26(37)21-5-10-38-32-21/h3-5,10,12-17H,6-9H2,1-2H3. The van der Waals surface area contributed by atoms with E-state index < -0.39 is 0 Å². The third kappa shape index (κ3) is 4.13. The highest BCUT2D eigenvalue weighted by atomic mass is 16.5. The van der Waals surface area contributed by atoms with Crippen LogP contribution in [0.1, 0.15) is 35.9 Å². The van der Waals surface area contributed by atoms with Crippen LogP contribution in [0.5, 0.6) is 0 Å². The van der Waals surface area contributed by atoms with Gasteiger partial charge in [-0.2, -0.15) is 15.5 Å². The number of fused-ring (bicyclic) bond motifs is 1. The highest BCUT2D eigenvalue weighted by Gasteiger charge is 2.24. The van der Waals surface area contributed by atoms with Crippen LogP contribution in [-0.2, 0) is 0 Å². The van der Waals surface area contributed by atoms with Crippen LogP contribution in [0.25, 0.3) is 28.0 Å². The zero-order valence-corrected chi connectivity index (χ0v) is 20.9. The van der Waals surface area contributed by atoms with Gasteiger partial charge in [0.2, 0.25) is 0 Å². The van der Waals surface area contributed by atoms with Crippen molar-refractivity contribution in [1.29, 1.82) is 5.26 Å². The minimum atomic E-state index is -0.135. The van der Waals surface area contributed by atoms with Crippen molar-refractivity contribution in [1.82, 2.24) is 39.4 Å². The van der Waals surface area contributed by atoms with Crippen molar-refractivity contribution in [3.63, 3.8) is 0 Å². The topological polar surface area (TPSA) is 134 Å². The molecule has 38 heavy (non-hydrogen) atoms. The average Bonchev–Trinajstić information content (AvgIpc) is 3.73. The van der Waals surface area contributed by atoms with Crippen LogP contribution < -0.4 is 4.90 Å². The summed E-state index contributed by atoms with van der Waals surface area (Å²) in [5, 5.41) is 22.2. The molecule has 5 aromatic rings. The van der Waals surface area contributed by atoms with E-state index in [0.717, 1.165) is 16.9 Å². The summed E-state index contributed by atoms with van der Waals surface area (Å²) >= 11 is 0. The molecule has 1 aliphatic rings. The normalized spacial score (nSPS) is 13.8. The van der Waals surface area contributed by atoms with Crippen molar-refractivity contribution in [2.24, 2.45) is 0 Å². The second-order valence-electron chi connectivity index (χ2n) is 9.31. The maximum atomic E-state index is 12.5. The summed E-state index contributed by atoms with van der Waals surface area (Å²) in [4.78, 5) is 26.0. The molecule has 0 spiro atoms. The van der Waals surface area contributed by atoms with Crippen molar-refractivity contribution in [2.75, 3.05) is 31.1 Å². The molecule has 0 aliphatic carbocycles. The van der Waals surface area contributed by atoms with Gasteiger partial charge in [-0.25, -0.2) is 14.5 Å². The highest BCUT2D eigenvalue weighted by Crippen LogP contribution is 2.29. The molecule has 6 heterocycles. The van der Waals surface area contributed by atoms with Gasteiger partial charge < -0.3 is 14.3 Å². The third-order valence-electron chi connectivity index (χ3n) is 6.61. The summed E-state index contributed by atoms with van der Waals surface area (Å²) in [5.41, 5.74) is 4.33. The van der Waals surface area contributed by atoms with Crippen LogP contribution in [0, 0.1) is 11.3 Å². The smallest absolute Gasteiger partial charge is 0.276 e. The number of rotatable bonds is 5. The van der Waals surface area contributed by atoms with Gasteiger partial charge in [-0.3, -0.25) is 9.48 Å². The average molecular weight is 509 g/mol. The SMILES string of the molecule is CC(C)n1cc(-c2cn3ncc(C#N)c3c(-c3ccc(N4CCN(C(=O)c5ccon5)CC4)nc3)n2)cn1. The fraction of sp³-hybridized carbons (Fsp3) is 0.269. The Hall–Kier alpha value is -5.05. The molecular formula is C26H24N10O2. The molecule has 12 heteroatoms. The van der Waals surface area contributed by atoms with Gasteiger partial charge in [-0.05, 0) is 26.0 Å². The van der Waals surface area contributed by atoms with Crippen molar-refractivity contribution in [2.45, 2.75) is 19.9 Å².